The minimum Gasteiger partial charge on any atom is -0.480 e. The molecule has 0 aliphatic carbocycles. The maximum atomic E-state index is 12.1. The van der Waals surface area contributed by atoms with E-state index in [2.05, 4.69) is 33.2 Å². The van der Waals surface area contributed by atoms with Gasteiger partial charge in [-0.2, -0.15) is 0 Å². The molecule has 1 aliphatic rings. The summed E-state index contributed by atoms with van der Waals surface area (Å²) in [5.74, 6) is 0.647. The van der Waals surface area contributed by atoms with Crippen LogP contribution in [0.3, 0.4) is 0 Å². The van der Waals surface area contributed by atoms with Gasteiger partial charge in [0.15, 0.2) is 6.10 Å². The fourth-order valence-corrected chi connectivity index (χ4v) is 2.63. The maximum absolute atomic E-state index is 12.1. The Balaban J connectivity index is 1.84. The van der Waals surface area contributed by atoms with Crippen molar-refractivity contribution < 1.29 is 9.53 Å². The van der Waals surface area contributed by atoms with Gasteiger partial charge in [-0.05, 0) is 68.0 Å². The molecule has 0 bridgehead atoms. The molecule has 1 amide bonds. The summed E-state index contributed by atoms with van der Waals surface area (Å²) in [6, 6.07) is 7.83. The van der Waals surface area contributed by atoms with Crippen LogP contribution in [0.5, 0.6) is 5.75 Å². The largest absolute Gasteiger partial charge is 0.480 e. The average molecular weight is 341 g/mol. The number of ether oxygens (including phenoxy) is 1. The Hall–Kier alpha value is -1.07. The number of para-hydroxylation sites is 1. The molecule has 0 aromatic heterocycles. The minimum absolute atomic E-state index is 0.0460. The second kappa shape index (κ2) is 7.09. The lowest BCUT2D eigenvalue weighted by Crippen LogP contribution is -2.47. The van der Waals surface area contributed by atoms with Crippen LogP contribution in [-0.4, -0.2) is 43.1 Å². The second-order valence-electron chi connectivity index (χ2n) is 5.28. The Kier molecular flexibility index (Phi) is 5.43. The molecule has 1 N–H and O–H groups in total. The highest BCUT2D eigenvalue weighted by molar-refractivity contribution is 9.10. The monoisotopic (exact) mass is 340 g/mol. The van der Waals surface area contributed by atoms with Crippen molar-refractivity contribution in [3.63, 3.8) is 0 Å². The van der Waals surface area contributed by atoms with E-state index >= 15 is 0 Å². The number of hydrogen-bond donors (Lipinski definition) is 1. The van der Waals surface area contributed by atoms with Gasteiger partial charge in [0.1, 0.15) is 5.75 Å². The van der Waals surface area contributed by atoms with Gasteiger partial charge in [0.2, 0.25) is 0 Å². The van der Waals surface area contributed by atoms with Crippen molar-refractivity contribution in [1.29, 1.82) is 0 Å². The van der Waals surface area contributed by atoms with Gasteiger partial charge in [0.05, 0.1) is 4.47 Å². The van der Waals surface area contributed by atoms with Crippen LogP contribution >= 0.6 is 15.9 Å². The molecule has 20 heavy (non-hydrogen) atoms. The van der Waals surface area contributed by atoms with E-state index in [1.807, 2.05) is 24.3 Å². The number of amides is 1. The number of carbonyl (C=O) groups excluding carboxylic acids is 1. The molecule has 1 fully saturated rings. The predicted octanol–water partition coefficient (Wildman–Crippen LogP) is 2.43. The summed E-state index contributed by atoms with van der Waals surface area (Å²) in [5, 5.41) is 3.07. The topological polar surface area (TPSA) is 41.6 Å². The van der Waals surface area contributed by atoms with Crippen LogP contribution in [0, 0.1) is 0 Å². The van der Waals surface area contributed by atoms with Crippen LogP contribution < -0.4 is 10.1 Å². The zero-order chi connectivity index (χ0) is 14.5. The van der Waals surface area contributed by atoms with Gasteiger partial charge < -0.3 is 15.0 Å². The zero-order valence-electron chi connectivity index (χ0n) is 11.9. The smallest absolute Gasteiger partial charge is 0.260 e. The van der Waals surface area contributed by atoms with Crippen LogP contribution in [0.2, 0.25) is 0 Å². The van der Waals surface area contributed by atoms with E-state index in [0.717, 1.165) is 30.4 Å². The van der Waals surface area contributed by atoms with Gasteiger partial charge in [0.25, 0.3) is 5.91 Å². The number of hydrogen-bond acceptors (Lipinski definition) is 3. The van der Waals surface area contributed by atoms with E-state index in [1.54, 1.807) is 6.92 Å². The standard InChI is InChI=1S/C15H21BrN2O2/c1-11(20-14-6-4-3-5-13(14)16)15(19)17-12-7-9-18(2)10-8-12/h3-6,11-12H,7-10H2,1-2H3,(H,17,19)/t11-/m1/s1. The summed E-state index contributed by atoms with van der Waals surface area (Å²) in [5.41, 5.74) is 0. The van der Waals surface area contributed by atoms with Crippen molar-refractivity contribution >= 4 is 21.8 Å². The fourth-order valence-electron chi connectivity index (χ4n) is 2.26. The lowest BCUT2D eigenvalue weighted by Gasteiger charge is -2.30. The third-order valence-electron chi connectivity index (χ3n) is 3.57. The normalized spacial score (nSPS) is 18.6. The first kappa shape index (κ1) is 15.3. The van der Waals surface area contributed by atoms with Gasteiger partial charge in [-0.15, -0.1) is 0 Å². The quantitative estimate of drug-likeness (QED) is 0.915. The summed E-state index contributed by atoms with van der Waals surface area (Å²) in [6.45, 7) is 3.85. The number of likely N-dealkylation sites (tertiary alicyclic amines) is 1. The molecule has 1 aromatic rings. The molecular weight excluding hydrogens is 320 g/mol. The number of rotatable bonds is 4. The molecule has 0 unspecified atom stereocenters. The first-order valence-electron chi connectivity index (χ1n) is 6.96. The minimum atomic E-state index is -0.492. The Labute approximate surface area is 128 Å². The molecule has 1 heterocycles. The molecule has 0 saturated carbocycles. The SMILES string of the molecule is C[C@@H](Oc1ccccc1Br)C(=O)NC1CCN(C)CC1. The molecule has 1 saturated heterocycles. The molecule has 1 aliphatic heterocycles. The van der Waals surface area contributed by atoms with Crippen molar-refractivity contribution in [1.82, 2.24) is 10.2 Å². The predicted molar refractivity (Wildman–Crippen MR) is 82.9 cm³/mol. The van der Waals surface area contributed by atoms with E-state index in [0.29, 0.717) is 5.75 Å². The van der Waals surface area contributed by atoms with Gasteiger partial charge in [-0.3, -0.25) is 4.79 Å². The first-order chi connectivity index (χ1) is 9.56. The molecule has 2 rings (SSSR count). The lowest BCUT2D eigenvalue weighted by molar-refractivity contribution is -0.128. The summed E-state index contributed by atoms with van der Waals surface area (Å²) >= 11 is 3.42. The number of benzene rings is 1. The molecular formula is C15H21BrN2O2. The van der Waals surface area contributed by atoms with Gasteiger partial charge in [0, 0.05) is 6.04 Å². The van der Waals surface area contributed by atoms with E-state index in [-0.39, 0.29) is 11.9 Å². The molecule has 110 valence electrons. The van der Waals surface area contributed by atoms with E-state index in [9.17, 15) is 4.79 Å². The second-order valence-corrected chi connectivity index (χ2v) is 6.13. The maximum Gasteiger partial charge on any atom is 0.260 e. The zero-order valence-corrected chi connectivity index (χ0v) is 13.5. The van der Waals surface area contributed by atoms with Crippen molar-refractivity contribution in [3.05, 3.63) is 28.7 Å². The number of piperidine rings is 1. The Morgan fingerprint density at radius 3 is 2.70 bits per heavy atom. The highest BCUT2D eigenvalue weighted by Crippen LogP contribution is 2.24. The van der Waals surface area contributed by atoms with Gasteiger partial charge in [-0.1, -0.05) is 12.1 Å². The fraction of sp³-hybridized carbons (Fsp3) is 0.533. The average Bonchev–Trinajstić information content (AvgIpc) is 2.44. The summed E-state index contributed by atoms with van der Waals surface area (Å²) in [6.07, 6.45) is 1.52. The van der Waals surface area contributed by atoms with Crippen molar-refractivity contribution in [3.8, 4) is 5.75 Å². The van der Waals surface area contributed by atoms with Crippen molar-refractivity contribution in [2.45, 2.75) is 31.9 Å². The highest BCUT2D eigenvalue weighted by atomic mass is 79.9. The Bertz CT molecular complexity index is 459. The molecule has 0 spiro atoms. The first-order valence-corrected chi connectivity index (χ1v) is 7.75. The van der Waals surface area contributed by atoms with Crippen LogP contribution in [0.25, 0.3) is 0 Å². The lowest BCUT2D eigenvalue weighted by atomic mass is 10.1. The van der Waals surface area contributed by atoms with E-state index < -0.39 is 6.10 Å². The highest BCUT2D eigenvalue weighted by Gasteiger charge is 2.22. The van der Waals surface area contributed by atoms with Crippen LogP contribution in [0.15, 0.2) is 28.7 Å². The summed E-state index contributed by atoms with van der Waals surface area (Å²) in [4.78, 5) is 14.4. The number of carbonyl (C=O) groups is 1. The van der Waals surface area contributed by atoms with Crippen molar-refractivity contribution in [2.24, 2.45) is 0 Å². The third kappa shape index (κ3) is 4.21. The molecule has 1 atom stereocenters. The molecule has 4 nitrogen and oxygen atoms in total. The summed E-state index contributed by atoms with van der Waals surface area (Å²) in [7, 11) is 2.11. The molecule has 1 aromatic carbocycles. The molecule has 5 heteroatoms. The van der Waals surface area contributed by atoms with Gasteiger partial charge >= 0.3 is 0 Å². The van der Waals surface area contributed by atoms with Crippen LogP contribution in [0.4, 0.5) is 0 Å². The van der Waals surface area contributed by atoms with Crippen molar-refractivity contribution in [2.75, 3.05) is 20.1 Å². The van der Waals surface area contributed by atoms with Crippen LogP contribution in [-0.2, 0) is 4.79 Å². The van der Waals surface area contributed by atoms with E-state index in [4.69, 9.17) is 4.74 Å². The third-order valence-corrected chi connectivity index (χ3v) is 4.23. The number of nitrogens with one attached hydrogen (secondary N) is 1. The number of halogens is 1. The molecule has 0 radical (unpaired) electrons. The van der Waals surface area contributed by atoms with Gasteiger partial charge in [-0.25, -0.2) is 0 Å². The van der Waals surface area contributed by atoms with E-state index in [1.165, 1.54) is 0 Å². The summed E-state index contributed by atoms with van der Waals surface area (Å²) < 4.78 is 6.56. The number of nitrogens with zero attached hydrogens (tertiary/aromatic N) is 1. The Morgan fingerprint density at radius 2 is 2.05 bits per heavy atom. The Morgan fingerprint density at radius 1 is 1.40 bits per heavy atom. The van der Waals surface area contributed by atoms with Crippen LogP contribution in [0.1, 0.15) is 19.8 Å².